The second-order valence-electron chi connectivity index (χ2n) is 7.77. The van der Waals surface area contributed by atoms with Crippen molar-refractivity contribution in [3.8, 4) is 5.75 Å². The summed E-state index contributed by atoms with van der Waals surface area (Å²) in [7, 11) is 5.30. The predicted octanol–water partition coefficient (Wildman–Crippen LogP) is 3.06. The molecule has 2 N–H and O–H groups in total. The number of pyridine rings is 1. The van der Waals surface area contributed by atoms with Crippen molar-refractivity contribution in [3.63, 3.8) is 0 Å². The molecule has 2 aromatic carbocycles. The second-order valence-corrected chi connectivity index (χ2v) is 7.77. The summed E-state index contributed by atoms with van der Waals surface area (Å²) in [5, 5.41) is 5.92. The Morgan fingerprint density at radius 1 is 1.26 bits per heavy atom. The van der Waals surface area contributed by atoms with E-state index in [1.165, 1.54) is 0 Å². The molecule has 8 nitrogen and oxygen atoms in total. The number of amides is 1. The Bertz CT molecular complexity index is 1330. The number of fused-ring (bicyclic) bond motifs is 4. The lowest BCUT2D eigenvalue weighted by Crippen LogP contribution is -2.36. The average Bonchev–Trinajstić information content (AvgIpc) is 3.19. The van der Waals surface area contributed by atoms with E-state index in [1.54, 1.807) is 36.0 Å². The highest BCUT2D eigenvalue weighted by molar-refractivity contribution is 6.10. The summed E-state index contributed by atoms with van der Waals surface area (Å²) in [5.74, 6) is 1.11. The van der Waals surface area contributed by atoms with Gasteiger partial charge in [-0.1, -0.05) is 6.07 Å². The molecule has 0 aliphatic carbocycles. The molecule has 0 saturated carbocycles. The number of benzene rings is 2. The number of carbonyl (C=O) groups excluding carboxylic acids is 1. The van der Waals surface area contributed by atoms with E-state index in [9.17, 15) is 4.79 Å². The largest absolute Gasteiger partial charge is 0.497 e. The van der Waals surface area contributed by atoms with Gasteiger partial charge in [0, 0.05) is 25.0 Å². The van der Waals surface area contributed by atoms with Crippen molar-refractivity contribution >= 4 is 33.5 Å². The third kappa shape index (κ3) is 3.07. The van der Waals surface area contributed by atoms with Crippen LogP contribution in [-0.4, -0.2) is 46.3 Å². The highest BCUT2D eigenvalue weighted by Crippen LogP contribution is 2.33. The Hall–Kier alpha value is -3.65. The fraction of sp³-hybridized carbons (Fsp3) is 0.261. The standard InChI is InChI=1S/C23H23N5O3/c1-27(20-12-31-11-14-8-15(30-3)5-6-16(14)20)23(29)13-4-7-19-17(9-13)21-18(22(24)26-19)10-25-28(21)2/h4-10,20H,11-12H2,1-3H3,(H2,24,26)/t20-/m1/s1. The summed E-state index contributed by atoms with van der Waals surface area (Å²) < 4.78 is 12.9. The Kier molecular flexibility index (Phi) is 4.51. The van der Waals surface area contributed by atoms with E-state index in [-0.39, 0.29) is 11.9 Å². The molecule has 8 heteroatoms. The number of ether oxygens (including phenoxy) is 2. The molecular formula is C23H23N5O3. The summed E-state index contributed by atoms with van der Waals surface area (Å²) in [4.78, 5) is 19.6. The number of likely N-dealkylation sites (N-methyl/N-ethyl adjacent to an activating group) is 1. The lowest BCUT2D eigenvalue weighted by molar-refractivity contribution is 0.0345. The van der Waals surface area contributed by atoms with Crippen LogP contribution >= 0.6 is 0 Å². The van der Waals surface area contributed by atoms with E-state index in [0.717, 1.165) is 38.7 Å². The van der Waals surface area contributed by atoms with E-state index >= 15 is 0 Å². The number of anilines is 1. The van der Waals surface area contributed by atoms with Crippen LogP contribution in [0.2, 0.25) is 0 Å². The van der Waals surface area contributed by atoms with Gasteiger partial charge in [-0.25, -0.2) is 4.98 Å². The van der Waals surface area contributed by atoms with Crippen LogP contribution in [0.5, 0.6) is 5.75 Å². The third-order valence-electron chi connectivity index (χ3n) is 5.98. The number of nitrogens with two attached hydrogens (primary N) is 1. The van der Waals surface area contributed by atoms with E-state index in [0.29, 0.717) is 24.6 Å². The van der Waals surface area contributed by atoms with Crippen LogP contribution < -0.4 is 10.5 Å². The monoisotopic (exact) mass is 417 g/mol. The minimum Gasteiger partial charge on any atom is -0.497 e. The first-order valence-corrected chi connectivity index (χ1v) is 10.0. The van der Waals surface area contributed by atoms with Gasteiger partial charge in [0.1, 0.15) is 11.6 Å². The van der Waals surface area contributed by atoms with Gasteiger partial charge in [-0.3, -0.25) is 9.48 Å². The molecule has 4 aromatic rings. The summed E-state index contributed by atoms with van der Waals surface area (Å²) >= 11 is 0. The molecule has 1 aliphatic rings. The maximum atomic E-state index is 13.4. The predicted molar refractivity (Wildman–Crippen MR) is 118 cm³/mol. The van der Waals surface area contributed by atoms with Crippen LogP contribution in [0.3, 0.4) is 0 Å². The molecule has 0 unspecified atom stereocenters. The van der Waals surface area contributed by atoms with Gasteiger partial charge < -0.3 is 20.1 Å². The number of nitrogen functional groups attached to an aromatic ring is 1. The minimum absolute atomic E-state index is 0.0914. The van der Waals surface area contributed by atoms with Gasteiger partial charge in [-0.05, 0) is 41.5 Å². The molecule has 0 fully saturated rings. The van der Waals surface area contributed by atoms with Crippen LogP contribution in [0.15, 0.2) is 42.6 Å². The zero-order chi connectivity index (χ0) is 21.7. The first kappa shape index (κ1) is 19.3. The molecule has 0 radical (unpaired) electrons. The molecular weight excluding hydrogens is 394 g/mol. The van der Waals surface area contributed by atoms with Crippen LogP contribution in [0.1, 0.15) is 27.5 Å². The molecule has 158 valence electrons. The topological polar surface area (TPSA) is 95.5 Å². The van der Waals surface area contributed by atoms with Crippen molar-refractivity contribution in [2.45, 2.75) is 12.6 Å². The van der Waals surface area contributed by atoms with Gasteiger partial charge >= 0.3 is 0 Å². The maximum absolute atomic E-state index is 13.4. The number of rotatable bonds is 3. The van der Waals surface area contributed by atoms with Crippen molar-refractivity contribution in [3.05, 3.63) is 59.3 Å². The van der Waals surface area contributed by atoms with E-state index in [1.807, 2.05) is 37.4 Å². The van der Waals surface area contributed by atoms with Gasteiger partial charge in [-0.15, -0.1) is 0 Å². The van der Waals surface area contributed by atoms with Gasteiger partial charge in [-0.2, -0.15) is 5.10 Å². The number of hydrogen-bond donors (Lipinski definition) is 1. The molecule has 3 heterocycles. The molecule has 1 amide bonds. The first-order valence-electron chi connectivity index (χ1n) is 10.0. The van der Waals surface area contributed by atoms with Crippen LogP contribution in [0.4, 0.5) is 5.82 Å². The Labute approximate surface area is 179 Å². The molecule has 2 aromatic heterocycles. The van der Waals surface area contributed by atoms with Gasteiger partial charge in [0.05, 0.1) is 49.0 Å². The number of aromatic nitrogens is 3. The molecule has 1 atom stereocenters. The molecule has 5 rings (SSSR count). The Morgan fingerprint density at radius 3 is 2.90 bits per heavy atom. The number of carbonyl (C=O) groups is 1. The average molecular weight is 417 g/mol. The van der Waals surface area contributed by atoms with E-state index in [4.69, 9.17) is 15.2 Å². The van der Waals surface area contributed by atoms with E-state index < -0.39 is 0 Å². The third-order valence-corrected chi connectivity index (χ3v) is 5.98. The van der Waals surface area contributed by atoms with E-state index in [2.05, 4.69) is 10.1 Å². The summed E-state index contributed by atoms with van der Waals surface area (Å²) in [6.07, 6.45) is 1.70. The van der Waals surface area contributed by atoms with Gasteiger partial charge in [0.25, 0.3) is 5.91 Å². The van der Waals surface area contributed by atoms with Crippen LogP contribution in [0.25, 0.3) is 21.8 Å². The molecule has 31 heavy (non-hydrogen) atoms. The maximum Gasteiger partial charge on any atom is 0.254 e. The normalized spacial score (nSPS) is 15.8. The number of aryl methyl sites for hydroxylation is 1. The number of methoxy groups -OCH3 is 1. The van der Waals surface area contributed by atoms with Crippen molar-refractivity contribution in [1.82, 2.24) is 19.7 Å². The summed E-state index contributed by atoms with van der Waals surface area (Å²) in [6, 6.07) is 11.2. The fourth-order valence-electron chi connectivity index (χ4n) is 4.29. The van der Waals surface area contributed by atoms with Crippen molar-refractivity contribution in [2.75, 3.05) is 26.5 Å². The lowest BCUT2D eigenvalue weighted by Gasteiger charge is -2.33. The van der Waals surface area contributed by atoms with Gasteiger partial charge in [0.2, 0.25) is 0 Å². The summed E-state index contributed by atoms with van der Waals surface area (Å²) in [6.45, 7) is 0.950. The molecule has 1 aliphatic heterocycles. The quantitative estimate of drug-likeness (QED) is 0.550. The number of hydrogen-bond acceptors (Lipinski definition) is 6. The van der Waals surface area contributed by atoms with Crippen molar-refractivity contribution < 1.29 is 14.3 Å². The SMILES string of the molecule is COc1ccc2c(c1)COC[C@H]2N(C)C(=O)c1ccc2nc(N)c3cnn(C)c3c2c1. The highest BCUT2D eigenvalue weighted by atomic mass is 16.5. The molecule has 0 spiro atoms. The lowest BCUT2D eigenvalue weighted by atomic mass is 9.97. The van der Waals surface area contributed by atoms with Gasteiger partial charge in [0.15, 0.2) is 0 Å². The van der Waals surface area contributed by atoms with Crippen molar-refractivity contribution in [2.24, 2.45) is 7.05 Å². The molecule has 0 bridgehead atoms. The number of nitrogens with zero attached hydrogens (tertiary/aromatic N) is 4. The smallest absolute Gasteiger partial charge is 0.254 e. The van der Waals surface area contributed by atoms with Crippen LogP contribution in [-0.2, 0) is 18.4 Å². The summed E-state index contributed by atoms with van der Waals surface area (Å²) in [5.41, 5.74) is 10.4. The Morgan fingerprint density at radius 2 is 2.10 bits per heavy atom. The first-order chi connectivity index (χ1) is 15.0. The highest BCUT2D eigenvalue weighted by Gasteiger charge is 2.28. The second kappa shape index (κ2) is 7.24. The zero-order valence-corrected chi connectivity index (χ0v) is 17.6. The molecule has 0 saturated heterocycles. The minimum atomic E-state index is -0.181. The Balaban J connectivity index is 1.54. The zero-order valence-electron chi connectivity index (χ0n) is 17.6. The van der Waals surface area contributed by atoms with Crippen molar-refractivity contribution in [1.29, 1.82) is 0 Å². The van der Waals surface area contributed by atoms with Crippen LogP contribution in [0, 0.1) is 0 Å². The fourth-order valence-corrected chi connectivity index (χ4v) is 4.29.